The first kappa shape index (κ1) is 18.0. The van der Waals surface area contributed by atoms with Crippen molar-refractivity contribution >= 4 is 28.8 Å². The van der Waals surface area contributed by atoms with Crippen LogP contribution < -0.4 is 0 Å². The molecule has 0 atom stereocenters. The maximum Gasteiger partial charge on any atom is 0.416 e. The maximum absolute atomic E-state index is 12.8. The smallest absolute Gasteiger partial charge is 0.339 e. The van der Waals surface area contributed by atoms with Gasteiger partial charge in [-0.15, -0.1) is 11.3 Å². The minimum Gasteiger partial charge on any atom is -0.339 e. The van der Waals surface area contributed by atoms with Gasteiger partial charge >= 0.3 is 6.18 Å². The lowest BCUT2D eigenvalue weighted by Gasteiger charge is -2.36. The molecule has 0 N–H and O–H groups in total. The van der Waals surface area contributed by atoms with E-state index in [1.165, 1.54) is 23.5 Å². The Balaban J connectivity index is 1.45. The summed E-state index contributed by atoms with van der Waals surface area (Å²) in [4.78, 5) is 18.7. The van der Waals surface area contributed by atoms with Gasteiger partial charge in [-0.25, -0.2) is 0 Å². The Kier molecular flexibility index (Phi) is 4.43. The van der Waals surface area contributed by atoms with Gasteiger partial charge in [0.25, 0.3) is 5.91 Å². The molecule has 0 spiro atoms. The highest BCUT2D eigenvalue weighted by Crippen LogP contribution is 2.33. The molecule has 10 heteroatoms. The number of carbonyl (C=O) groups is 1. The quantitative estimate of drug-likeness (QED) is 0.624. The average Bonchev–Trinajstić information content (AvgIpc) is 3.22. The van der Waals surface area contributed by atoms with Crippen molar-refractivity contribution in [1.29, 1.82) is 0 Å². The molecule has 0 aliphatic carbocycles. The number of alkyl halides is 3. The largest absolute Gasteiger partial charge is 0.416 e. The lowest BCUT2D eigenvalue weighted by molar-refractivity contribution is -0.137. The van der Waals surface area contributed by atoms with Gasteiger partial charge in [-0.1, -0.05) is 28.9 Å². The molecule has 1 fully saturated rings. The zero-order chi connectivity index (χ0) is 19.2. The Morgan fingerprint density at radius 2 is 2.04 bits per heavy atom. The molecule has 1 aromatic carbocycles. The molecule has 1 amide bonds. The van der Waals surface area contributed by atoms with Gasteiger partial charge in [0.05, 0.1) is 20.7 Å². The zero-order valence-electron chi connectivity index (χ0n) is 13.5. The van der Waals surface area contributed by atoms with Crippen LogP contribution in [0.25, 0.3) is 11.4 Å². The Labute approximate surface area is 160 Å². The van der Waals surface area contributed by atoms with Gasteiger partial charge in [0, 0.05) is 18.7 Å². The van der Waals surface area contributed by atoms with E-state index in [9.17, 15) is 18.0 Å². The van der Waals surface area contributed by atoms with Crippen LogP contribution in [0.5, 0.6) is 0 Å². The number of thiophene rings is 1. The fourth-order valence-corrected chi connectivity index (χ4v) is 3.75. The highest BCUT2D eigenvalue weighted by atomic mass is 35.5. The molecule has 0 radical (unpaired) electrons. The number of carbonyl (C=O) groups excluding carboxylic acids is 1. The van der Waals surface area contributed by atoms with E-state index in [0.717, 1.165) is 12.1 Å². The number of hydrogen-bond donors (Lipinski definition) is 0. The summed E-state index contributed by atoms with van der Waals surface area (Å²) in [7, 11) is 0. The van der Waals surface area contributed by atoms with E-state index in [-0.39, 0.29) is 23.2 Å². The highest BCUT2D eigenvalue weighted by molar-refractivity contribution is 7.17. The van der Waals surface area contributed by atoms with Crippen LogP contribution in [0, 0.1) is 0 Å². The summed E-state index contributed by atoms with van der Waals surface area (Å²) in [5.74, 6) is 0.124. The number of hydrogen-bond acceptors (Lipinski definition) is 5. The van der Waals surface area contributed by atoms with Crippen molar-refractivity contribution in [2.75, 3.05) is 13.1 Å². The molecule has 0 unspecified atom stereocenters. The molecule has 1 aliphatic rings. The van der Waals surface area contributed by atoms with E-state index in [4.69, 9.17) is 16.1 Å². The molecule has 0 saturated carbocycles. The minimum atomic E-state index is -4.44. The molecule has 3 aromatic rings. The number of amides is 1. The second-order valence-electron chi connectivity index (χ2n) is 6.05. The van der Waals surface area contributed by atoms with Gasteiger partial charge in [-0.05, 0) is 24.3 Å². The van der Waals surface area contributed by atoms with E-state index in [1.54, 1.807) is 17.0 Å². The van der Waals surface area contributed by atoms with Crippen molar-refractivity contribution in [3.8, 4) is 11.4 Å². The summed E-state index contributed by atoms with van der Waals surface area (Å²) in [5.41, 5.74) is -0.554. The summed E-state index contributed by atoms with van der Waals surface area (Å²) in [6, 6.07) is 8.07. The van der Waals surface area contributed by atoms with E-state index < -0.39 is 11.7 Å². The molecular weight excluding hydrogens is 403 g/mol. The van der Waals surface area contributed by atoms with Gasteiger partial charge in [-0.3, -0.25) is 4.79 Å². The van der Waals surface area contributed by atoms with Crippen LogP contribution in [0.4, 0.5) is 13.2 Å². The molecule has 5 nitrogen and oxygen atoms in total. The SMILES string of the molecule is O=C(c1ccc(Cl)s1)N1CC(c2nc(-c3cccc(C(F)(F)F)c3)no2)C1. The van der Waals surface area contributed by atoms with Crippen molar-refractivity contribution in [3.63, 3.8) is 0 Å². The standard InChI is InChI=1S/C17H11ClF3N3O2S/c18-13-5-4-12(27-13)16(25)24-7-10(8-24)15-22-14(23-26-15)9-2-1-3-11(6-9)17(19,20)21/h1-6,10H,7-8H2. The number of halogens is 4. The second kappa shape index (κ2) is 6.65. The molecule has 27 heavy (non-hydrogen) atoms. The van der Waals surface area contributed by atoms with Crippen LogP contribution in [0.3, 0.4) is 0 Å². The van der Waals surface area contributed by atoms with E-state index in [1.807, 2.05) is 0 Å². The predicted molar refractivity (Wildman–Crippen MR) is 92.7 cm³/mol. The van der Waals surface area contributed by atoms with Crippen molar-refractivity contribution in [3.05, 3.63) is 57.1 Å². The van der Waals surface area contributed by atoms with Crippen LogP contribution >= 0.6 is 22.9 Å². The molecule has 140 valence electrons. The van der Waals surface area contributed by atoms with Gasteiger partial charge < -0.3 is 9.42 Å². The lowest BCUT2D eigenvalue weighted by atomic mass is 10.00. The third kappa shape index (κ3) is 3.57. The number of nitrogens with zero attached hydrogens (tertiary/aromatic N) is 3. The third-order valence-electron chi connectivity index (χ3n) is 4.19. The van der Waals surface area contributed by atoms with Gasteiger partial charge in [-0.2, -0.15) is 18.2 Å². The summed E-state index contributed by atoms with van der Waals surface area (Å²) in [5, 5.41) is 3.77. The molecule has 1 aliphatic heterocycles. The first-order chi connectivity index (χ1) is 12.8. The van der Waals surface area contributed by atoms with E-state index in [2.05, 4.69) is 10.1 Å². The van der Waals surface area contributed by atoms with E-state index in [0.29, 0.717) is 28.2 Å². The number of likely N-dealkylation sites (tertiary alicyclic amines) is 1. The minimum absolute atomic E-state index is 0.0888. The van der Waals surface area contributed by atoms with E-state index >= 15 is 0 Å². The topological polar surface area (TPSA) is 59.2 Å². The molecule has 2 aromatic heterocycles. The normalized spacial score (nSPS) is 15.0. The fraction of sp³-hybridized carbons (Fsp3) is 0.235. The molecule has 1 saturated heterocycles. The van der Waals surface area contributed by atoms with Crippen molar-refractivity contribution in [2.24, 2.45) is 0 Å². The Morgan fingerprint density at radius 3 is 2.70 bits per heavy atom. The first-order valence-electron chi connectivity index (χ1n) is 7.87. The highest BCUT2D eigenvalue weighted by Gasteiger charge is 2.37. The van der Waals surface area contributed by atoms with Gasteiger partial charge in [0.15, 0.2) is 0 Å². The van der Waals surface area contributed by atoms with Crippen molar-refractivity contribution < 1.29 is 22.5 Å². The second-order valence-corrected chi connectivity index (χ2v) is 7.76. The Morgan fingerprint density at radius 1 is 1.26 bits per heavy atom. The molecule has 3 heterocycles. The Hall–Kier alpha value is -2.39. The number of benzene rings is 1. The molecule has 4 rings (SSSR count). The van der Waals surface area contributed by atoms with Crippen molar-refractivity contribution in [2.45, 2.75) is 12.1 Å². The monoisotopic (exact) mass is 413 g/mol. The van der Waals surface area contributed by atoms with Crippen LogP contribution in [0.15, 0.2) is 40.9 Å². The summed E-state index contributed by atoms with van der Waals surface area (Å²) >= 11 is 7.05. The first-order valence-corrected chi connectivity index (χ1v) is 9.06. The summed E-state index contributed by atoms with van der Waals surface area (Å²) in [6.45, 7) is 0.803. The average molecular weight is 414 g/mol. The summed E-state index contributed by atoms with van der Waals surface area (Å²) in [6.07, 6.45) is -4.44. The summed E-state index contributed by atoms with van der Waals surface area (Å²) < 4.78 is 44.2. The number of aromatic nitrogens is 2. The van der Waals surface area contributed by atoms with Crippen LogP contribution in [0.2, 0.25) is 4.34 Å². The van der Waals surface area contributed by atoms with Crippen molar-refractivity contribution in [1.82, 2.24) is 15.0 Å². The van der Waals surface area contributed by atoms with Crippen LogP contribution in [-0.4, -0.2) is 34.0 Å². The lowest BCUT2D eigenvalue weighted by Crippen LogP contribution is -2.48. The number of rotatable bonds is 3. The Bertz CT molecular complexity index is 995. The van der Waals surface area contributed by atoms with Gasteiger partial charge in [0.1, 0.15) is 0 Å². The molecule has 0 bridgehead atoms. The predicted octanol–water partition coefficient (Wildman–Crippen LogP) is 4.71. The maximum atomic E-state index is 12.8. The third-order valence-corrected chi connectivity index (χ3v) is 5.41. The molecular formula is C17H11ClF3N3O2S. The van der Waals surface area contributed by atoms with Crippen LogP contribution in [-0.2, 0) is 6.18 Å². The fourth-order valence-electron chi connectivity index (χ4n) is 2.74. The van der Waals surface area contributed by atoms with Gasteiger partial charge in [0.2, 0.25) is 11.7 Å². The zero-order valence-corrected chi connectivity index (χ0v) is 15.1. The van der Waals surface area contributed by atoms with Crippen LogP contribution in [0.1, 0.15) is 27.0 Å².